The first kappa shape index (κ1) is 15.2. The van der Waals surface area contributed by atoms with Gasteiger partial charge in [-0.2, -0.15) is 10.4 Å². The van der Waals surface area contributed by atoms with Crippen molar-refractivity contribution in [2.24, 2.45) is 12.5 Å². The standard InChI is InChI=1S/C14H22N4O/c1-4-6-14(11-15,7-5-2)13(19)16-8-12-9-17-18(3)10-12/h9-10H,4-8H2,1-3H3,(H,16,19). The van der Waals surface area contributed by atoms with Crippen LogP contribution in [0.1, 0.15) is 45.1 Å². The molecule has 1 heterocycles. The van der Waals surface area contributed by atoms with Gasteiger partial charge in [0.05, 0.1) is 12.3 Å². The Hall–Kier alpha value is -1.83. The summed E-state index contributed by atoms with van der Waals surface area (Å²) in [6.07, 6.45) is 6.44. The topological polar surface area (TPSA) is 70.7 Å². The van der Waals surface area contributed by atoms with E-state index < -0.39 is 5.41 Å². The number of amides is 1. The molecule has 0 aromatic carbocycles. The van der Waals surface area contributed by atoms with E-state index in [1.807, 2.05) is 27.1 Å². The Balaban J connectivity index is 2.69. The van der Waals surface area contributed by atoms with E-state index in [0.717, 1.165) is 18.4 Å². The molecule has 19 heavy (non-hydrogen) atoms. The Labute approximate surface area is 114 Å². The van der Waals surface area contributed by atoms with Crippen LogP contribution in [0.2, 0.25) is 0 Å². The van der Waals surface area contributed by atoms with Gasteiger partial charge in [-0.3, -0.25) is 9.48 Å². The van der Waals surface area contributed by atoms with Crippen molar-refractivity contribution in [1.29, 1.82) is 5.26 Å². The normalized spacial score (nSPS) is 11.1. The van der Waals surface area contributed by atoms with Gasteiger partial charge in [0.2, 0.25) is 5.91 Å². The van der Waals surface area contributed by atoms with Gasteiger partial charge in [-0.25, -0.2) is 0 Å². The molecule has 5 nitrogen and oxygen atoms in total. The molecule has 1 aromatic heterocycles. The number of hydrogen-bond donors (Lipinski definition) is 1. The number of nitrogens with zero attached hydrogens (tertiary/aromatic N) is 3. The zero-order valence-corrected chi connectivity index (χ0v) is 11.9. The summed E-state index contributed by atoms with van der Waals surface area (Å²) in [6, 6.07) is 2.23. The molecule has 0 aliphatic heterocycles. The minimum atomic E-state index is -0.883. The third kappa shape index (κ3) is 3.82. The largest absolute Gasteiger partial charge is 0.351 e. The van der Waals surface area contributed by atoms with Crippen LogP contribution in [0.4, 0.5) is 0 Å². The predicted molar refractivity (Wildman–Crippen MR) is 72.9 cm³/mol. The van der Waals surface area contributed by atoms with Crippen molar-refractivity contribution in [2.75, 3.05) is 0 Å². The zero-order chi connectivity index (χ0) is 14.3. The Morgan fingerprint density at radius 1 is 1.47 bits per heavy atom. The van der Waals surface area contributed by atoms with E-state index in [1.165, 1.54) is 0 Å². The maximum absolute atomic E-state index is 12.3. The van der Waals surface area contributed by atoms with Gasteiger partial charge in [0, 0.05) is 25.4 Å². The number of aryl methyl sites for hydroxylation is 1. The van der Waals surface area contributed by atoms with E-state index in [-0.39, 0.29) is 5.91 Å². The van der Waals surface area contributed by atoms with E-state index >= 15 is 0 Å². The highest BCUT2D eigenvalue weighted by atomic mass is 16.2. The van der Waals surface area contributed by atoms with Crippen molar-refractivity contribution in [3.63, 3.8) is 0 Å². The first-order valence-electron chi connectivity index (χ1n) is 6.75. The molecule has 0 radical (unpaired) electrons. The van der Waals surface area contributed by atoms with Crippen LogP contribution in [0.3, 0.4) is 0 Å². The summed E-state index contributed by atoms with van der Waals surface area (Å²) < 4.78 is 1.69. The van der Waals surface area contributed by atoms with Gasteiger partial charge in [-0.1, -0.05) is 26.7 Å². The second-order valence-corrected chi connectivity index (χ2v) is 4.90. The fraction of sp³-hybridized carbons (Fsp3) is 0.643. The van der Waals surface area contributed by atoms with E-state index in [0.29, 0.717) is 19.4 Å². The quantitative estimate of drug-likeness (QED) is 0.818. The molecule has 0 aliphatic carbocycles. The van der Waals surface area contributed by atoms with Gasteiger partial charge in [-0.05, 0) is 12.8 Å². The summed E-state index contributed by atoms with van der Waals surface area (Å²) in [7, 11) is 1.83. The molecule has 1 N–H and O–H groups in total. The third-order valence-electron chi connectivity index (χ3n) is 3.21. The first-order chi connectivity index (χ1) is 9.07. The summed E-state index contributed by atoms with van der Waals surface area (Å²) in [6.45, 7) is 4.41. The number of carbonyl (C=O) groups is 1. The molecule has 0 spiro atoms. The van der Waals surface area contributed by atoms with Crippen molar-refractivity contribution >= 4 is 5.91 Å². The predicted octanol–water partition coefficient (Wildman–Crippen LogP) is 2.15. The van der Waals surface area contributed by atoms with Crippen molar-refractivity contribution in [2.45, 2.75) is 46.1 Å². The lowest BCUT2D eigenvalue weighted by Gasteiger charge is -2.24. The molecule has 0 fully saturated rings. The summed E-state index contributed by atoms with van der Waals surface area (Å²) in [5.74, 6) is -0.164. The second-order valence-electron chi connectivity index (χ2n) is 4.90. The molecule has 1 aromatic rings. The monoisotopic (exact) mass is 262 g/mol. The number of nitrogens with one attached hydrogen (secondary N) is 1. The molecule has 0 unspecified atom stereocenters. The lowest BCUT2D eigenvalue weighted by Crippen LogP contribution is -2.39. The van der Waals surface area contributed by atoms with Gasteiger partial charge < -0.3 is 5.32 Å². The van der Waals surface area contributed by atoms with Crippen LogP contribution in [-0.2, 0) is 18.4 Å². The molecule has 0 aliphatic rings. The molecule has 104 valence electrons. The van der Waals surface area contributed by atoms with Gasteiger partial charge in [0.15, 0.2) is 0 Å². The summed E-state index contributed by atoms with van der Waals surface area (Å²) in [4.78, 5) is 12.3. The van der Waals surface area contributed by atoms with Crippen LogP contribution in [0, 0.1) is 16.7 Å². The fourth-order valence-corrected chi connectivity index (χ4v) is 2.28. The molecular weight excluding hydrogens is 240 g/mol. The van der Waals surface area contributed by atoms with Crippen LogP contribution in [0.5, 0.6) is 0 Å². The van der Waals surface area contributed by atoms with Gasteiger partial charge in [-0.15, -0.1) is 0 Å². The highest BCUT2D eigenvalue weighted by Gasteiger charge is 2.36. The average molecular weight is 262 g/mol. The van der Waals surface area contributed by atoms with E-state index in [4.69, 9.17) is 0 Å². The summed E-state index contributed by atoms with van der Waals surface area (Å²) in [5.41, 5.74) is 0.0572. The molecule has 5 heteroatoms. The second kappa shape index (κ2) is 6.93. The van der Waals surface area contributed by atoms with Crippen molar-refractivity contribution in [3.05, 3.63) is 18.0 Å². The highest BCUT2D eigenvalue weighted by Crippen LogP contribution is 2.29. The molecule has 0 atom stereocenters. The Morgan fingerprint density at radius 3 is 2.53 bits per heavy atom. The maximum atomic E-state index is 12.3. The minimum absolute atomic E-state index is 0.164. The Bertz CT molecular complexity index is 452. The summed E-state index contributed by atoms with van der Waals surface area (Å²) >= 11 is 0. The van der Waals surface area contributed by atoms with Crippen LogP contribution in [-0.4, -0.2) is 15.7 Å². The third-order valence-corrected chi connectivity index (χ3v) is 3.21. The minimum Gasteiger partial charge on any atom is -0.351 e. The molecule has 0 saturated carbocycles. The maximum Gasteiger partial charge on any atom is 0.240 e. The summed E-state index contributed by atoms with van der Waals surface area (Å²) in [5, 5.41) is 16.3. The molecule has 1 amide bonds. The Morgan fingerprint density at radius 2 is 2.11 bits per heavy atom. The lowest BCUT2D eigenvalue weighted by atomic mass is 9.80. The van der Waals surface area contributed by atoms with Crippen LogP contribution in [0.15, 0.2) is 12.4 Å². The van der Waals surface area contributed by atoms with E-state index in [2.05, 4.69) is 16.5 Å². The number of aromatic nitrogens is 2. The lowest BCUT2D eigenvalue weighted by molar-refractivity contribution is -0.129. The fourth-order valence-electron chi connectivity index (χ4n) is 2.28. The molecule has 0 saturated heterocycles. The number of carbonyl (C=O) groups excluding carboxylic acids is 1. The molecule has 0 bridgehead atoms. The molecular formula is C14H22N4O. The van der Waals surface area contributed by atoms with Crippen molar-refractivity contribution in [1.82, 2.24) is 15.1 Å². The zero-order valence-electron chi connectivity index (χ0n) is 11.9. The molecule has 1 rings (SSSR count). The average Bonchev–Trinajstić information content (AvgIpc) is 2.81. The number of hydrogen-bond acceptors (Lipinski definition) is 3. The SMILES string of the molecule is CCCC(C#N)(CCC)C(=O)NCc1cnn(C)c1. The highest BCUT2D eigenvalue weighted by molar-refractivity contribution is 5.85. The number of rotatable bonds is 7. The van der Waals surface area contributed by atoms with Gasteiger partial charge in [0.1, 0.15) is 5.41 Å². The Kier molecular flexibility index (Phi) is 5.56. The van der Waals surface area contributed by atoms with Crippen LogP contribution >= 0.6 is 0 Å². The van der Waals surface area contributed by atoms with E-state index in [1.54, 1.807) is 10.9 Å². The van der Waals surface area contributed by atoms with Gasteiger partial charge >= 0.3 is 0 Å². The van der Waals surface area contributed by atoms with Crippen LogP contribution in [0.25, 0.3) is 0 Å². The van der Waals surface area contributed by atoms with E-state index in [9.17, 15) is 10.1 Å². The van der Waals surface area contributed by atoms with Crippen molar-refractivity contribution in [3.8, 4) is 6.07 Å². The van der Waals surface area contributed by atoms with Crippen molar-refractivity contribution < 1.29 is 4.79 Å². The number of nitriles is 1. The van der Waals surface area contributed by atoms with Gasteiger partial charge in [0.25, 0.3) is 0 Å². The van der Waals surface area contributed by atoms with Crippen LogP contribution < -0.4 is 5.32 Å². The first-order valence-corrected chi connectivity index (χ1v) is 6.75. The smallest absolute Gasteiger partial charge is 0.240 e.